The van der Waals surface area contributed by atoms with Gasteiger partial charge in [0.05, 0.1) is 23.6 Å². The third-order valence-corrected chi connectivity index (χ3v) is 4.73. The molecule has 1 aliphatic heterocycles. The van der Waals surface area contributed by atoms with Crippen LogP contribution in [0.3, 0.4) is 0 Å². The zero-order valence-corrected chi connectivity index (χ0v) is 14.5. The highest BCUT2D eigenvalue weighted by Crippen LogP contribution is 2.21. The molecule has 132 valence electrons. The predicted octanol–water partition coefficient (Wildman–Crippen LogP) is 2.98. The molecule has 4 rings (SSSR count). The van der Waals surface area contributed by atoms with Crippen LogP contribution in [0.4, 0.5) is 5.69 Å². The van der Waals surface area contributed by atoms with E-state index < -0.39 is 0 Å². The smallest absolute Gasteiger partial charge is 0.256 e. The number of para-hydroxylation sites is 2. The molecule has 6 nitrogen and oxygen atoms in total. The zero-order chi connectivity index (χ0) is 17.8. The van der Waals surface area contributed by atoms with Crippen molar-refractivity contribution >= 4 is 11.6 Å². The summed E-state index contributed by atoms with van der Waals surface area (Å²) in [5, 5.41) is 11.4. The summed E-state index contributed by atoms with van der Waals surface area (Å²) in [5.74, 6) is 0.0502. The molecular weight excluding hydrogens is 326 g/mol. The number of anilines is 1. The summed E-state index contributed by atoms with van der Waals surface area (Å²) in [6.07, 6.45) is 5.24. The van der Waals surface area contributed by atoms with Crippen molar-refractivity contribution in [3.8, 4) is 5.69 Å². The summed E-state index contributed by atoms with van der Waals surface area (Å²) in [4.78, 5) is 15.0. The minimum Gasteiger partial charge on any atom is -0.382 e. The van der Waals surface area contributed by atoms with Crippen LogP contribution in [0.1, 0.15) is 23.2 Å². The molecule has 0 saturated carbocycles. The van der Waals surface area contributed by atoms with Gasteiger partial charge < -0.3 is 10.2 Å². The van der Waals surface area contributed by atoms with E-state index in [1.807, 2.05) is 47.4 Å². The molecule has 0 aliphatic carbocycles. The topological polar surface area (TPSA) is 63.1 Å². The molecule has 1 aromatic heterocycles. The van der Waals surface area contributed by atoms with E-state index in [2.05, 4.69) is 27.8 Å². The summed E-state index contributed by atoms with van der Waals surface area (Å²) in [6, 6.07) is 18.2. The Labute approximate surface area is 152 Å². The molecule has 0 spiro atoms. The van der Waals surface area contributed by atoms with Crippen molar-refractivity contribution in [1.82, 2.24) is 19.9 Å². The van der Waals surface area contributed by atoms with Crippen molar-refractivity contribution < 1.29 is 4.79 Å². The van der Waals surface area contributed by atoms with Crippen molar-refractivity contribution in [3.63, 3.8) is 0 Å². The minimum absolute atomic E-state index is 0.0502. The number of likely N-dealkylation sites (tertiary alicyclic amines) is 1. The number of nitrogens with zero attached hydrogens (tertiary/aromatic N) is 4. The first-order valence-electron chi connectivity index (χ1n) is 8.88. The number of hydrogen-bond donors (Lipinski definition) is 1. The maximum Gasteiger partial charge on any atom is 0.256 e. The minimum atomic E-state index is 0.0502. The number of carbonyl (C=O) groups excluding carboxylic acids is 1. The maximum absolute atomic E-state index is 13.0. The molecular formula is C20H21N5O. The molecule has 1 amide bonds. The Morgan fingerprint density at radius 3 is 2.46 bits per heavy atom. The van der Waals surface area contributed by atoms with Gasteiger partial charge in [-0.2, -0.15) is 0 Å². The quantitative estimate of drug-likeness (QED) is 0.788. The van der Waals surface area contributed by atoms with E-state index in [1.165, 1.54) is 0 Å². The summed E-state index contributed by atoms with van der Waals surface area (Å²) in [7, 11) is 0. The van der Waals surface area contributed by atoms with Crippen LogP contribution >= 0.6 is 0 Å². The predicted molar refractivity (Wildman–Crippen MR) is 100 cm³/mol. The maximum atomic E-state index is 13.0. The first kappa shape index (κ1) is 16.3. The average molecular weight is 347 g/mol. The summed E-state index contributed by atoms with van der Waals surface area (Å²) in [6.45, 7) is 1.49. The second kappa shape index (κ2) is 7.39. The number of carbonyl (C=O) groups is 1. The van der Waals surface area contributed by atoms with Crippen LogP contribution in [0.15, 0.2) is 67.0 Å². The van der Waals surface area contributed by atoms with Crippen LogP contribution in [0.25, 0.3) is 5.69 Å². The average Bonchev–Trinajstić information content (AvgIpc) is 3.24. The molecule has 1 fully saturated rings. The molecule has 0 unspecified atom stereocenters. The Kier molecular flexibility index (Phi) is 4.64. The van der Waals surface area contributed by atoms with Crippen molar-refractivity contribution in [1.29, 1.82) is 0 Å². The van der Waals surface area contributed by atoms with Gasteiger partial charge in [0, 0.05) is 24.8 Å². The highest BCUT2D eigenvalue weighted by molar-refractivity contribution is 5.97. The highest BCUT2D eigenvalue weighted by Gasteiger charge is 2.25. The lowest BCUT2D eigenvalue weighted by molar-refractivity contribution is 0.0718. The van der Waals surface area contributed by atoms with Crippen LogP contribution in [0.2, 0.25) is 0 Å². The lowest BCUT2D eigenvalue weighted by atomic mass is 10.0. The van der Waals surface area contributed by atoms with Crippen LogP contribution in [-0.2, 0) is 0 Å². The molecule has 0 atom stereocenters. The fourth-order valence-electron chi connectivity index (χ4n) is 3.36. The Balaban J connectivity index is 1.43. The number of piperidine rings is 1. The van der Waals surface area contributed by atoms with Gasteiger partial charge in [-0.05, 0) is 37.1 Å². The number of benzene rings is 2. The summed E-state index contributed by atoms with van der Waals surface area (Å²) >= 11 is 0. The number of nitrogens with one attached hydrogen (secondary N) is 1. The lowest BCUT2D eigenvalue weighted by Crippen LogP contribution is -2.42. The van der Waals surface area contributed by atoms with Gasteiger partial charge >= 0.3 is 0 Å². The highest BCUT2D eigenvalue weighted by atomic mass is 16.2. The van der Waals surface area contributed by atoms with Crippen LogP contribution in [0.5, 0.6) is 0 Å². The third kappa shape index (κ3) is 3.44. The third-order valence-electron chi connectivity index (χ3n) is 4.73. The van der Waals surface area contributed by atoms with Crippen LogP contribution in [-0.4, -0.2) is 44.9 Å². The van der Waals surface area contributed by atoms with Crippen molar-refractivity contribution in [2.75, 3.05) is 18.4 Å². The standard InChI is InChI=1S/C20H21N5O/c26-20(18-8-4-5-9-19(18)25-15-12-21-23-25)24-13-10-17(11-14-24)22-16-6-2-1-3-7-16/h1-9,12,15,17,22H,10-11,13-14H2. The van der Waals surface area contributed by atoms with Crippen molar-refractivity contribution in [3.05, 3.63) is 72.6 Å². The molecule has 3 aromatic rings. The van der Waals surface area contributed by atoms with Gasteiger partial charge in [0.1, 0.15) is 0 Å². The number of amides is 1. The molecule has 1 saturated heterocycles. The molecule has 2 heterocycles. The van der Waals surface area contributed by atoms with Gasteiger partial charge in [-0.15, -0.1) is 5.10 Å². The van der Waals surface area contributed by atoms with Gasteiger partial charge in [-0.1, -0.05) is 35.5 Å². The first-order valence-corrected chi connectivity index (χ1v) is 8.88. The lowest BCUT2D eigenvalue weighted by Gasteiger charge is -2.33. The van der Waals surface area contributed by atoms with Crippen molar-refractivity contribution in [2.45, 2.75) is 18.9 Å². The molecule has 1 N–H and O–H groups in total. The molecule has 0 bridgehead atoms. The Morgan fingerprint density at radius 2 is 1.73 bits per heavy atom. The van der Waals surface area contributed by atoms with E-state index in [0.29, 0.717) is 11.6 Å². The van der Waals surface area contributed by atoms with Crippen LogP contribution in [0, 0.1) is 0 Å². The summed E-state index contributed by atoms with van der Waals surface area (Å²) in [5.41, 5.74) is 2.56. The van der Waals surface area contributed by atoms with Gasteiger partial charge in [-0.25, -0.2) is 4.68 Å². The van der Waals surface area contributed by atoms with E-state index in [-0.39, 0.29) is 5.91 Å². The monoisotopic (exact) mass is 347 g/mol. The fraction of sp³-hybridized carbons (Fsp3) is 0.250. The largest absolute Gasteiger partial charge is 0.382 e. The molecule has 2 aromatic carbocycles. The van der Waals surface area contributed by atoms with E-state index >= 15 is 0 Å². The zero-order valence-electron chi connectivity index (χ0n) is 14.5. The molecule has 0 radical (unpaired) electrons. The molecule has 26 heavy (non-hydrogen) atoms. The van der Waals surface area contributed by atoms with E-state index in [1.54, 1.807) is 17.1 Å². The van der Waals surface area contributed by atoms with Crippen molar-refractivity contribution in [2.24, 2.45) is 0 Å². The SMILES string of the molecule is O=C(c1ccccc1-n1ccnn1)N1CCC(Nc2ccccc2)CC1. The number of hydrogen-bond acceptors (Lipinski definition) is 4. The Bertz CT molecular complexity index is 855. The second-order valence-electron chi connectivity index (χ2n) is 6.44. The van der Waals surface area contributed by atoms with Gasteiger partial charge in [0.2, 0.25) is 0 Å². The van der Waals surface area contributed by atoms with Crippen LogP contribution < -0.4 is 5.32 Å². The fourth-order valence-corrected chi connectivity index (χ4v) is 3.36. The van der Waals surface area contributed by atoms with E-state index in [9.17, 15) is 4.79 Å². The molecule has 6 heteroatoms. The van der Waals surface area contributed by atoms with Gasteiger partial charge in [0.25, 0.3) is 5.91 Å². The van der Waals surface area contributed by atoms with Gasteiger partial charge in [-0.3, -0.25) is 4.79 Å². The van der Waals surface area contributed by atoms with E-state index in [4.69, 9.17) is 0 Å². The first-order chi connectivity index (χ1) is 12.8. The number of aromatic nitrogens is 3. The normalized spacial score (nSPS) is 15.0. The Hall–Kier alpha value is -3.15. The van der Waals surface area contributed by atoms with Gasteiger partial charge in [0.15, 0.2) is 0 Å². The van der Waals surface area contributed by atoms with E-state index in [0.717, 1.165) is 37.3 Å². The molecule has 1 aliphatic rings. The summed E-state index contributed by atoms with van der Waals surface area (Å²) < 4.78 is 1.64. The second-order valence-corrected chi connectivity index (χ2v) is 6.44. The number of rotatable bonds is 4. The Morgan fingerprint density at radius 1 is 1.00 bits per heavy atom.